The molecule has 1 aliphatic rings. The number of anilines is 1. The average Bonchev–Trinajstić information content (AvgIpc) is 3.15. The molecule has 0 heterocycles. The second-order valence-corrected chi connectivity index (χ2v) is 4.94. The van der Waals surface area contributed by atoms with Gasteiger partial charge in [-0.1, -0.05) is 19.1 Å². The van der Waals surface area contributed by atoms with Crippen LogP contribution in [0.1, 0.15) is 49.7 Å². The third-order valence-corrected chi connectivity index (χ3v) is 3.26. The molecular formula is C13H17FN4. The Balaban J connectivity index is 2.55. The van der Waals surface area contributed by atoms with Crippen LogP contribution in [-0.2, 0) is 0 Å². The van der Waals surface area contributed by atoms with Crippen LogP contribution in [-0.4, -0.2) is 6.34 Å². The second-order valence-electron chi connectivity index (χ2n) is 4.94. The number of hydrogen-bond donors (Lipinski definition) is 2. The molecule has 2 N–H and O–H groups in total. The van der Waals surface area contributed by atoms with Crippen LogP contribution in [0.3, 0.4) is 0 Å². The molecule has 0 spiro atoms. The highest BCUT2D eigenvalue weighted by atomic mass is 19.1. The molecule has 2 rings (SSSR count). The highest BCUT2D eigenvalue weighted by molar-refractivity contribution is 5.78. The molecule has 96 valence electrons. The largest absolute Gasteiger partial charge is 0.289 e. The van der Waals surface area contributed by atoms with Gasteiger partial charge in [0, 0.05) is 0 Å². The van der Waals surface area contributed by atoms with Crippen molar-refractivity contribution >= 4 is 12.0 Å². The van der Waals surface area contributed by atoms with Gasteiger partial charge >= 0.3 is 0 Å². The molecule has 0 aromatic heterocycles. The van der Waals surface area contributed by atoms with Crippen LogP contribution in [0.25, 0.3) is 0 Å². The van der Waals surface area contributed by atoms with Gasteiger partial charge in [0.15, 0.2) is 0 Å². The number of hydrogen-bond acceptors (Lipinski definition) is 3. The fourth-order valence-electron chi connectivity index (χ4n) is 2.11. The molecule has 0 atom stereocenters. The van der Waals surface area contributed by atoms with Crippen molar-refractivity contribution in [2.75, 3.05) is 5.01 Å². The quantitative estimate of drug-likeness (QED) is 0.349. The summed E-state index contributed by atoms with van der Waals surface area (Å²) >= 11 is 0. The van der Waals surface area contributed by atoms with E-state index in [1.165, 1.54) is 5.01 Å². The van der Waals surface area contributed by atoms with E-state index in [2.05, 4.69) is 5.22 Å². The van der Waals surface area contributed by atoms with E-state index >= 15 is 0 Å². The van der Waals surface area contributed by atoms with Crippen LogP contribution < -0.4 is 5.01 Å². The lowest BCUT2D eigenvalue weighted by atomic mass is 9.97. The standard InChI is InChI=1S/C13H17FN4/c1-8(2)10-6-13(18(7-15)17-16)11(5-12(10)14)9-3-4-9/h5-9,15-16H,3-4H2,1-2H3. The second kappa shape index (κ2) is 4.84. The Labute approximate surface area is 106 Å². The molecule has 18 heavy (non-hydrogen) atoms. The van der Waals surface area contributed by atoms with Gasteiger partial charge in [0.05, 0.1) is 5.69 Å². The SMILES string of the molecule is CC(C)c1cc(N(C=N)N=N)c(C2CC2)cc1F. The van der Waals surface area contributed by atoms with E-state index in [-0.39, 0.29) is 11.7 Å². The van der Waals surface area contributed by atoms with E-state index in [0.29, 0.717) is 17.2 Å². The van der Waals surface area contributed by atoms with E-state index in [0.717, 1.165) is 24.7 Å². The molecule has 1 aromatic carbocycles. The van der Waals surface area contributed by atoms with Gasteiger partial charge in [0.25, 0.3) is 0 Å². The molecule has 1 aliphatic carbocycles. The molecule has 1 saturated carbocycles. The van der Waals surface area contributed by atoms with Crippen molar-refractivity contribution in [3.63, 3.8) is 0 Å². The summed E-state index contributed by atoms with van der Waals surface area (Å²) in [5.41, 5.74) is 9.21. The van der Waals surface area contributed by atoms with Gasteiger partial charge < -0.3 is 0 Å². The van der Waals surface area contributed by atoms with Crippen LogP contribution in [0.5, 0.6) is 0 Å². The molecular weight excluding hydrogens is 231 g/mol. The maximum atomic E-state index is 14.0. The van der Waals surface area contributed by atoms with Gasteiger partial charge in [-0.3, -0.25) is 5.41 Å². The number of nitrogens with one attached hydrogen (secondary N) is 2. The monoisotopic (exact) mass is 248 g/mol. The van der Waals surface area contributed by atoms with Crippen molar-refractivity contribution in [1.82, 2.24) is 0 Å². The van der Waals surface area contributed by atoms with E-state index in [1.807, 2.05) is 13.8 Å². The lowest BCUT2D eigenvalue weighted by Crippen LogP contribution is -2.14. The van der Waals surface area contributed by atoms with E-state index in [9.17, 15) is 4.39 Å². The van der Waals surface area contributed by atoms with E-state index in [1.54, 1.807) is 12.1 Å². The minimum Gasteiger partial charge on any atom is -0.289 e. The average molecular weight is 248 g/mol. The fourth-order valence-corrected chi connectivity index (χ4v) is 2.11. The zero-order valence-electron chi connectivity index (χ0n) is 10.6. The zero-order chi connectivity index (χ0) is 13.3. The van der Waals surface area contributed by atoms with Gasteiger partial charge in [-0.15, -0.1) is 0 Å². The number of nitrogens with zero attached hydrogens (tertiary/aromatic N) is 2. The topological polar surface area (TPSA) is 63.3 Å². The molecule has 0 radical (unpaired) electrons. The van der Waals surface area contributed by atoms with Crippen LogP contribution in [0.2, 0.25) is 0 Å². The maximum absolute atomic E-state index is 14.0. The summed E-state index contributed by atoms with van der Waals surface area (Å²) in [6, 6.07) is 3.26. The Morgan fingerprint density at radius 1 is 1.44 bits per heavy atom. The van der Waals surface area contributed by atoms with Gasteiger partial charge in [0.2, 0.25) is 0 Å². The summed E-state index contributed by atoms with van der Waals surface area (Å²) in [6.45, 7) is 3.84. The van der Waals surface area contributed by atoms with Crippen molar-refractivity contribution < 1.29 is 4.39 Å². The van der Waals surface area contributed by atoms with Gasteiger partial charge in [-0.05, 0) is 47.9 Å². The molecule has 0 aliphatic heterocycles. The van der Waals surface area contributed by atoms with Gasteiger partial charge in [-0.2, -0.15) is 5.53 Å². The summed E-state index contributed by atoms with van der Waals surface area (Å²) in [4.78, 5) is 0. The summed E-state index contributed by atoms with van der Waals surface area (Å²) < 4.78 is 14.0. The van der Waals surface area contributed by atoms with Crippen molar-refractivity contribution in [1.29, 1.82) is 10.9 Å². The number of rotatable bonds is 5. The van der Waals surface area contributed by atoms with Crippen LogP contribution in [0.4, 0.5) is 10.1 Å². The third-order valence-electron chi connectivity index (χ3n) is 3.26. The van der Waals surface area contributed by atoms with E-state index < -0.39 is 0 Å². The summed E-state index contributed by atoms with van der Waals surface area (Å²) in [7, 11) is 0. The van der Waals surface area contributed by atoms with E-state index in [4.69, 9.17) is 10.9 Å². The molecule has 4 nitrogen and oxygen atoms in total. The lowest BCUT2D eigenvalue weighted by Gasteiger charge is -2.18. The Kier molecular flexibility index (Phi) is 3.41. The first-order valence-electron chi connectivity index (χ1n) is 6.09. The normalized spacial score (nSPS) is 14.7. The van der Waals surface area contributed by atoms with Gasteiger partial charge in [0.1, 0.15) is 12.2 Å². The summed E-state index contributed by atoms with van der Waals surface area (Å²) in [5.74, 6) is 0.209. The number of halogens is 1. The maximum Gasteiger partial charge on any atom is 0.127 e. The molecule has 0 bridgehead atoms. The third kappa shape index (κ3) is 2.25. The van der Waals surface area contributed by atoms with Crippen molar-refractivity contribution in [2.45, 2.75) is 38.5 Å². The smallest absolute Gasteiger partial charge is 0.127 e. The highest BCUT2D eigenvalue weighted by Crippen LogP contribution is 2.45. The summed E-state index contributed by atoms with van der Waals surface area (Å²) in [6.07, 6.45) is 3.06. The molecule has 1 fully saturated rings. The van der Waals surface area contributed by atoms with Crippen LogP contribution in [0, 0.1) is 16.8 Å². The minimum absolute atomic E-state index is 0.0651. The van der Waals surface area contributed by atoms with Crippen molar-refractivity contribution in [2.24, 2.45) is 5.22 Å². The van der Waals surface area contributed by atoms with Crippen molar-refractivity contribution in [3.05, 3.63) is 29.1 Å². The summed E-state index contributed by atoms with van der Waals surface area (Å²) in [5, 5.41) is 11.8. The van der Waals surface area contributed by atoms with Crippen molar-refractivity contribution in [3.8, 4) is 0 Å². The van der Waals surface area contributed by atoms with Crippen LogP contribution >= 0.6 is 0 Å². The first kappa shape index (κ1) is 12.7. The predicted molar refractivity (Wildman–Crippen MR) is 68.9 cm³/mol. The Bertz CT molecular complexity index is 472. The molecule has 0 saturated heterocycles. The first-order valence-corrected chi connectivity index (χ1v) is 6.09. The Morgan fingerprint density at radius 3 is 2.56 bits per heavy atom. The lowest BCUT2D eigenvalue weighted by molar-refractivity contribution is 0.596. The molecule has 0 amide bonds. The Morgan fingerprint density at radius 2 is 2.11 bits per heavy atom. The predicted octanol–water partition coefficient (Wildman–Crippen LogP) is 4.19. The number of benzene rings is 1. The fraction of sp³-hybridized carbons (Fsp3) is 0.462. The van der Waals surface area contributed by atoms with Gasteiger partial charge in [-0.25, -0.2) is 9.40 Å². The first-order chi connectivity index (χ1) is 8.58. The Hall–Kier alpha value is -1.78. The molecule has 1 aromatic rings. The highest BCUT2D eigenvalue weighted by Gasteiger charge is 2.29. The zero-order valence-corrected chi connectivity index (χ0v) is 10.6. The molecule has 0 unspecified atom stereocenters. The minimum atomic E-state index is -0.203. The molecule has 5 heteroatoms. The van der Waals surface area contributed by atoms with Crippen LogP contribution in [0.15, 0.2) is 17.4 Å².